The molecule has 2 aromatic carbocycles. The predicted molar refractivity (Wildman–Crippen MR) is 144 cm³/mol. The lowest BCUT2D eigenvalue weighted by molar-refractivity contribution is -0.117. The summed E-state index contributed by atoms with van der Waals surface area (Å²) in [4.78, 5) is 25.8. The first kappa shape index (κ1) is 24.1. The van der Waals surface area contributed by atoms with E-state index in [4.69, 9.17) is 15.1 Å². The lowest BCUT2D eigenvalue weighted by atomic mass is 9.90. The van der Waals surface area contributed by atoms with E-state index in [1.165, 1.54) is 14.0 Å². The van der Waals surface area contributed by atoms with Gasteiger partial charge in [-0.2, -0.15) is 0 Å². The van der Waals surface area contributed by atoms with E-state index in [9.17, 15) is 4.79 Å². The lowest BCUT2D eigenvalue weighted by Crippen LogP contribution is -2.17. The van der Waals surface area contributed by atoms with Gasteiger partial charge in [0.25, 0.3) is 0 Å². The van der Waals surface area contributed by atoms with Gasteiger partial charge in [-0.15, -0.1) is 0 Å². The summed E-state index contributed by atoms with van der Waals surface area (Å²) in [5.41, 5.74) is 5.79. The molecule has 0 saturated heterocycles. The average molecular weight is 490 g/mol. The van der Waals surface area contributed by atoms with E-state index in [-0.39, 0.29) is 11.8 Å². The van der Waals surface area contributed by atoms with Crippen molar-refractivity contribution < 1.29 is 9.53 Å². The number of Topliss-reactive ketones (excluding diaryl/α,β-unsaturated/α-hetero) is 1. The molecule has 37 heavy (non-hydrogen) atoms. The second kappa shape index (κ2) is 10.1. The summed E-state index contributed by atoms with van der Waals surface area (Å²) >= 11 is 0. The molecule has 2 atom stereocenters. The zero-order valence-corrected chi connectivity index (χ0v) is 20.9. The van der Waals surface area contributed by atoms with E-state index in [2.05, 4.69) is 32.9 Å². The van der Waals surface area contributed by atoms with E-state index in [0.29, 0.717) is 11.7 Å². The molecule has 3 heterocycles. The van der Waals surface area contributed by atoms with E-state index in [0.717, 1.165) is 38.9 Å². The third-order valence-electron chi connectivity index (χ3n) is 6.51. The minimum atomic E-state index is -0.592. The van der Waals surface area contributed by atoms with Gasteiger partial charge in [0.2, 0.25) is 0 Å². The SMILES string of the molecule is COc1ncc(-c2cn(C(c3ccccc3)c3ccccn3)c3cc(C(C(C)=N)C(C)=O)ccc23)cn1. The molecule has 0 aliphatic rings. The number of nitrogens with one attached hydrogen (secondary N) is 1. The van der Waals surface area contributed by atoms with Crippen LogP contribution in [0.15, 0.2) is 91.5 Å². The van der Waals surface area contributed by atoms with E-state index >= 15 is 0 Å². The van der Waals surface area contributed by atoms with Crippen LogP contribution in [0.1, 0.15) is 42.6 Å². The zero-order chi connectivity index (χ0) is 25.9. The Hall–Kier alpha value is -4.65. The molecule has 0 aliphatic heterocycles. The third kappa shape index (κ3) is 4.63. The first-order chi connectivity index (χ1) is 18.0. The summed E-state index contributed by atoms with van der Waals surface area (Å²) in [7, 11) is 1.54. The Morgan fingerprint density at radius 1 is 0.919 bits per heavy atom. The number of carbonyl (C=O) groups is 1. The predicted octanol–water partition coefficient (Wildman–Crippen LogP) is 5.85. The summed E-state index contributed by atoms with van der Waals surface area (Å²) in [6.45, 7) is 3.21. The molecule has 1 N–H and O–H groups in total. The van der Waals surface area contributed by atoms with Gasteiger partial charge < -0.3 is 14.7 Å². The van der Waals surface area contributed by atoms with Gasteiger partial charge in [0.05, 0.1) is 18.7 Å². The number of benzene rings is 2. The molecule has 7 nitrogen and oxygen atoms in total. The second-order valence-corrected chi connectivity index (χ2v) is 8.98. The Morgan fingerprint density at radius 3 is 2.27 bits per heavy atom. The number of hydrogen-bond donors (Lipinski definition) is 1. The Balaban J connectivity index is 1.80. The molecule has 0 radical (unpaired) electrons. The maximum atomic E-state index is 12.5. The number of fused-ring (bicyclic) bond motifs is 1. The molecule has 3 aromatic heterocycles. The highest BCUT2D eigenvalue weighted by Gasteiger charge is 2.25. The van der Waals surface area contributed by atoms with Gasteiger partial charge in [-0.05, 0) is 43.2 Å². The van der Waals surface area contributed by atoms with Crippen molar-refractivity contribution in [1.82, 2.24) is 19.5 Å². The fourth-order valence-electron chi connectivity index (χ4n) is 4.89. The molecular formula is C30H27N5O2. The Labute approximate surface area is 215 Å². The number of carbonyl (C=O) groups excluding carboxylic acids is 1. The van der Waals surface area contributed by atoms with Crippen molar-refractivity contribution in [2.24, 2.45) is 0 Å². The summed E-state index contributed by atoms with van der Waals surface area (Å²) in [5.74, 6) is -0.649. The van der Waals surface area contributed by atoms with E-state index in [1.54, 1.807) is 25.5 Å². The topological polar surface area (TPSA) is 93.8 Å². The number of methoxy groups -OCH3 is 1. The van der Waals surface area contributed by atoms with E-state index < -0.39 is 5.92 Å². The quantitative estimate of drug-likeness (QED) is 0.276. The van der Waals surface area contributed by atoms with Gasteiger partial charge in [0, 0.05) is 52.5 Å². The minimum Gasteiger partial charge on any atom is -0.467 e. The van der Waals surface area contributed by atoms with Gasteiger partial charge in [-0.25, -0.2) is 9.97 Å². The van der Waals surface area contributed by atoms with Gasteiger partial charge >= 0.3 is 6.01 Å². The van der Waals surface area contributed by atoms with Crippen LogP contribution in [-0.2, 0) is 4.79 Å². The number of rotatable bonds is 8. The van der Waals surface area contributed by atoms with E-state index in [1.807, 2.05) is 54.6 Å². The molecule has 5 rings (SSSR count). The molecule has 0 spiro atoms. The number of aromatic nitrogens is 4. The monoisotopic (exact) mass is 489 g/mol. The minimum absolute atomic E-state index is 0.0573. The Kier molecular flexibility index (Phi) is 6.60. The van der Waals surface area contributed by atoms with Crippen LogP contribution in [0.3, 0.4) is 0 Å². The van der Waals surface area contributed by atoms with Crippen molar-refractivity contribution in [1.29, 1.82) is 5.41 Å². The van der Waals surface area contributed by atoms with Crippen LogP contribution in [0, 0.1) is 5.41 Å². The van der Waals surface area contributed by atoms with Gasteiger partial charge in [0.15, 0.2) is 0 Å². The molecule has 0 fully saturated rings. The van der Waals surface area contributed by atoms with Gasteiger partial charge in [-0.1, -0.05) is 48.5 Å². The Morgan fingerprint density at radius 2 is 1.65 bits per heavy atom. The first-order valence-corrected chi connectivity index (χ1v) is 12.0. The van der Waals surface area contributed by atoms with Crippen LogP contribution >= 0.6 is 0 Å². The van der Waals surface area contributed by atoms with Crippen LogP contribution in [0.2, 0.25) is 0 Å². The molecule has 184 valence electrons. The third-order valence-corrected chi connectivity index (χ3v) is 6.51. The molecular weight excluding hydrogens is 462 g/mol. The van der Waals surface area contributed by atoms with Crippen LogP contribution in [0.5, 0.6) is 6.01 Å². The smallest absolute Gasteiger partial charge is 0.316 e. The summed E-state index contributed by atoms with van der Waals surface area (Å²) < 4.78 is 7.34. The van der Waals surface area contributed by atoms with Gasteiger partial charge in [0.1, 0.15) is 11.8 Å². The average Bonchev–Trinajstić information content (AvgIpc) is 3.28. The zero-order valence-electron chi connectivity index (χ0n) is 20.9. The Bertz CT molecular complexity index is 1510. The summed E-state index contributed by atoms with van der Waals surface area (Å²) in [6.07, 6.45) is 7.38. The molecule has 7 heteroatoms. The summed E-state index contributed by atoms with van der Waals surface area (Å²) in [5, 5.41) is 9.23. The number of pyridine rings is 1. The van der Waals surface area contributed by atoms with Crippen LogP contribution in [0.4, 0.5) is 0 Å². The van der Waals surface area contributed by atoms with Crippen LogP contribution < -0.4 is 4.74 Å². The highest BCUT2D eigenvalue weighted by atomic mass is 16.5. The standard InChI is InChI=1S/C30H27N5O2/c1-19(31)28(20(2)36)22-12-13-24-25(23-16-33-30(37-3)34-17-23)18-35(27(24)15-22)29(21-9-5-4-6-10-21)26-11-7-8-14-32-26/h4-18,28-29,31H,1-3H3. The van der Waals surface area contributed by atoms with Crippen molar-refractivity contribution in [3.63, 3.8) is 0 Å². The molecule has 0 amide bonds. The molecule has 2 unspecified atom stereocenters. The second-order valence-electron chi connectivity index (χ2n) is 8.98. The lowest BCUT2D eigenvalue weighted by Gasteiger charge is -2.21. The molecule has 0 aliphatic carbocycles. The number of ether oxygens (including phenoxy) is 1. The maximum Gasteiger partial charge on any atom is 0.316 e. The number of hydrogen-bond acceptors (Lipinski definition) is 6. The van der Waals surface area contributed by atoms with Crippen molar-refractivity contribution in [2.75, 3.05) is 7.11 Å². The largest absolute Gasteiger partial charge is 0.467 e. The van der Waals surface area contributed by atoms with Crippen molar-refractivity contribution in [3.8, 4) is 17.1 Å². The fraction of sp³-hybridized carbons (Fsp3) is 0.167. The van der Waals surface area contributed by atoms with Crippen LogP contribution in [-0.4, -0.2) is 38.1 Å². The highest BCUT2D eigenvalue weighted by molar-refractivity contribution is 6.08. The summed E-state index contributed by atoms with van der Waals surface area (Å²) in [6, 6.07) is 22.2. The van der Waals surface area contributed by atoms with Crippen molar-refractivity contribution in [2.45, 2.75) is 25.8 Å². The normalized spacial score (nSPS) is 12.7. The maximum absolute atomic E-state index is 12.5. The first-order valence-electron chi connectivity index (χ1n) is 12.0. The number of nitrogens with zero attached hydrogens (tertiary/aromatic N) is 4. The molecule has 0 bridgehead atoms. The van der Waals surface area contributed by atoms with Gasteiger partial charge in [-0.3, -0.25) is 9.78 Å². The van der Waals surface area contributed by atoms with Crippen molar-refractivity contribution >= 4 is 22.4 Å². The molecule has 0 saturated carbocycles. The van der Waals surface area contributed by atoms with Crippen LogP contribution in [0.25, 0.3) is 22.0 Å². The molecule has 5 aromatic rings. The fourth-order valence-corrected chi connectivity index (χ4v) is 4.89. The van der Waals surface area contributed by atoms with Crippen molar-refractivity contribution in [3.05, 3.63) is 108 Å². The highest BCUT2D eigenvalue weighted by Crippen LogP contribution is 2.38. The number of ketones is 1.